The van der Waals surface area contributed by atoms with Crippen molar-refractivity contribution in [2.45, 2.75) is 37.6 Å². The van der Waals surface area contributed by atoms with E-state index in [9.17, 15) is 0 Å². The number of halogens is 1. The fourth-order valence-electron chi connectivity index (χ4n) is 3.14. The van der Waals surface area contributed by atoms with Crippen molar-refractivity contribution in [2.24, 2.45) is 0 Å². The first-order valence-corrected chi connectivity index (χ1v) is 8.58. The Balaban J connectivity index is 1.84. The second-order valence-electron chi connectivity index (χ2n) is 5.93. The molecule has 0 aromatic heterocycles. The summed E-state index contributed by atoms with van der Waals surface area (Å²) in [5.41, 5.74) is 4.41. The highest BCUT2D eigenvalue weighted by atomic mass is 79.9. The topological polar surface area (TPSA) is 12.0 Å². The van der Waals surface area contributed by atoms with Crippen LogP contribution in [0.15, 0.2) is 53.0 Å². The van der Waals surface area contributed by atoms with Gasteiger partial charge < -0.3 is 5.32 Å². The molecule has 1 fully saturated rings. The molecule has 0 heterocycles. The summed E-state index contributed by atoms with van der Waals surface area (Å²) in [7, 11) is 2.07. The Labute approximate surface area is 135 Å². The van der Waals surface area contributed by atoms with Gasteiger partial charge in [-0.25, -0.2) is 0 Å². The lowest BCUT2D eigenvalue weighted by Crippen LogP contribution is -2.22. The Kier molecular flexibility index (Phi) is 4.77. The molecule has 2 aromatic rings. The highest BCUT2D eigenvalue weighted by Crippen LogP contribution is 2.39. The number of hydrogen-bond acceptors (Lipinski definition) is 1. The van der Waals surface area contributed by atoms with Gasteiger partial charge in [-0.05, 0) is 61.1 Å². The van der Waals surface area contributed by atoms with E-state index in [0.29, 0.717) is 6.04 Å². The van der Waals surface area contributed by atoms with Crippen LogP contribution in [0.5, 0.6) is 0 Å². The first-order chi connectivity index (χ1) is 10.3. The van der Waals surface area contributed by atoms with E-state index in [1.54, 1.807) is 5.56 Å². The third kappa shape index (κ3) is 3.38. The molecule has 0 amide bonds. The predicted molar refractivity (Wildman–Crippen MR) is 92.7 cm³/mol. The van der Waals surface area contributed by atoms with Crippen molar-refractivity contribution < 1.29 is 0 Å². The molecular weight excluding hydrogens is 322 g/mol. The van der Waals surface area contributed by atoms with E-state index in [1.165, 1.54) is 30.4 Å². The molecule has 1 aliphatic carbocycles. The van der Waals surface area contributed by atoms with Crippen LogP contribution in [0.2, 0.25) is 0 Å². The van der Waals surface area contributed by atoms with Gasteiger partial charge in [-0.15, -0.1) is 0 Å². The lowest BCUT2D eigenvalue weighted by molar-refractivity contribution is 0.412. The molecule has 2 heteroatoms. The molecule has 3 rings (SSSR count). The summed E-state index contributed by atoms with van der Waals surface area (Å²) in [6, 6.07) is 18.0. The average Bonchev–Trinajstić information content (AvgIpc) is 2.46. The van der Waals surface area contributed by atoms with Gasteiger partial charge in [0.1, 0.15) is 0 Å². The summed E-state index contributed by atoms with van der Waals surface area (Å²) >= 11 is 3.51. The van der Waals surface area contributed by atoms with E-state index in [2.05, 4.69) is 76.8 Å². The number of rotatable bonds is 5. The van der Waals surface area contributed by atoms with Crippen molar-refractivity contribution in [3.05, 3.63) is 69.7 Å². The Morgan fingerprint density at radius 2 is 1.81 bits per heavy atom. The second kappa shape index (κ2) is 6.76. The van der Waals surface area contributed by atoms with Crippen molar-refractivity contribution in [3.63, 3.8) is 0 Å². The summed E-state index contributed by atoms with van der Waals surface area (Å²) in [4.78, 5) is 0. The Hall–Kier alpha value is -1.12. The molecule has 0 radical (unpaired) electrons. The zero-order valence-corrected chi connectivity index (χ0v) is 14.1. The normalized spacial score (nSPS) is 16.5. The van der Waals surface area contributed by atoms with Crippen molar-refractivity contribution in [2.75, 3.05) is 7.05 Å². The highest BCUT2D eigenvalue weighted by molar-refractivity contribution is 9.10. The number of hydrogen-bond donors (Lipinski definition) is 1. The lowest BCUT2D eigenvalue weighted by atomic mass is 9.76. The van der Waals surface area contributed by atoms with Crippen molar-refractivity contribution in [1.82, 2.24) is 5.32 Å². The van der Waals surface area contributed by atoms with Gasteiger partial charge in [-0.3, -0.25) is 0 Å². The Morgan fingerprint density at radius 3 is 2.43 bits per heavy atom. The zero-order valence-electron chi connectivity index (χ0n) is 12.5. The molecule has 1 unspecified atom stereocenters. The van der Waals surface area contributed by atoms with Gasteiger partial charge in [0.2, 0.25) is 0 Å². The average molecular weight is 344 g/mol. The van der Waals surface area contributed by atoms with Crippen LogP contribution in [0.4, 0.5) is 0 Å². The number of nitrogens with one attached hydrogen (secondary N) is 1. The molecule has 1 atom stereocenters. The third-order valence-corrected chi connectivity index (χ3v) is 5.15. The molecule has 1 nitrogen and oxygen atoms in total. The molecular formula is C19H22BrN. The molecule has 2 aromatic carbocycles. The SMILES string of the molecule is CNC(Cc1ccc(Br)cc1)c1ccccc1C1CCC1. The summed E-state index contributed by atoms with van der Waals surface area (Å²) in [6.07, 6.45) is 5.13. The van der Waals surface area contributed by atoms with Crippen LogP contribution in [0.1, 0.15) is 47.9 Å². The van der Waals surface area contributed by atoms with E-state index in [-0.39, 0.29) is 0 Å². The molecule has 1 N–H and O–H groups in total. The maximum atomic E-state index is 3.51. The van der Waals surface area contributed by atoms with Crippen molar-refractivity contribution >= 4 is 15.9 Å². The molecule has 110 valence electrons. The first kappa shape index (κ1) is 14.8. The van der Waals surface area contributed by atoms with Crippen LogP contribution >= 0.6 is 15.9 Å². The second-order valence-corrected chi connectivity index (χ2v) is 6.84. The fourth-order valence-corrected chi connectivity index (χ4v) is 3.41. The molecule has 0 saturated heterocycles. The van der Waals surface area contributed by atoms with Crippen molar-refractivity contribution in [3.8, 4) is 0 Å². The minimum Gasteiger partial charge on any atom is -0.313 e. The summed E-state index contributed by atoms with van der Waals surface area (Å²) in [5.74, 6) is 0.780. The van der Waals surface area contributed by atoms with Gasteiger partial charge >= 0.3 is 0 Å². The van der Waals surface area contributed by atoms with Crippen LogP contribution in [0.3, 0.4) is 0 Å². The monoisotopic (exact) mass is 343 g/mol. The Bertz CT molecular complexity index is 587. The van der Waals surface area contributed by atoms with Crippen LogP contribution < -0.4 is 5.32 Å². The number of likely N-dealkylation sites (N-methyl/N-ethyl adjacent to an activating group) is 1. The van der Waals surface area contributed by atoms with Gasteiger partial charge in [-0.2, -0.15) is 0 Å². The summed E-state index contributed by atoms with van der Waals surface area (Å²) in [5, 5.41) is 3.51. The standard InChI is InChI=1S/C19H22BrN/c1-21-19(13-14-9-11-16(20)12-10-14)18-8-3-2-7-17(18)15-5-4-6-15/h2-3,7-12,15,19,21H,4-6,13H2,1H3. The molecule has 1 aliphatic rings. The number of benzene rings is 2. The van der Waals surface area contributed by atoms with Crippen LogP contribution in [0, 0.1) is 0 Å². The van der Waals surface area contributed by atoms with E-state index in [1.807, 2.05) is 0 Å². The maximum Gasteiger partial charge on any atom is 0.0361 e. The van der Waals surface area contributed by atoms with E-state index < -0.39 is 0 Å². The van der Waals surface area contributed by atoms with Gasteiger partial charge in [0.25, 0.3) is 0 Å². The molecule has 0 bridgehead atoms. The predicted octanol–water partition coefficient (Wildman–Crippen LogP) is 5.22. The molecule has 1 saturated carbocycles. The van der Waals surface area contributed by atoms with Crippen molar-refractivity contribution in [1.29, 1.82) is 0 Å². The van der Waals surface area contributed by atoms with E-state index >= 15 is 0 Å². The fraction of sp³-hybridized carbons (Fsp3) is 0.368. The first-order valence-electron chi connectivity index (χ1n) is 7.78. The summed E-state index contributed by atoms with van der Waals surface area (Å²) in [6.45, 7) is 0. The van der Waals surface area contributed by atoms with Gasteiger partial charge in [-0.1, -0.05) is 58.7 Å². The smallest absolute Gasteiger partial charge is 0.0361 e. The minimum atomic E-state index is 0.392. The summed E-state index contributed by atoms with van der Waals surface area (Å²) < 4.78 is 1.14. The lowest BCUT2D eigenvalue weighted by Gasteiger charge is -2.30. The molecule has 0 aliphatic heterocycles. The van der Waals surface area contributed by atoms with E-state index in [4.69, 9.17) is 0 Å². The van der Waals surface area contributed by atoms with E-state index in [0.717, 1.165) is 16.8 Å². The van der Waals surface area contributed by atoms with Gasteiger partial charge in [0.05, 0.1) is 0 Å². The molecule has 21 heavy (non-hydrogen) atoms. The minimum absolute atomic E-state index is 0.392. The zero-order chi connectivity index (χ0) is 14.7. The van der Waals surface area contributed by atoms with Gasteiger partial charge in [0, 0.05) is 10.5 Å². The Morgan fingerprint density at radius 1 is 1.10 bits per heavy atom. The van der Waals surface area contributed by atoms with Crippen LogP contribution in [-0.4, -0.2) is 7.05 Å². The molecule has 0 spiro atoms. The van der Waals surface area contributed by atoms with Crippen LogP contribution in [0.25, 0.3) is 0 Å². The van der Waals surface area contributed by atoms with Crippen LogP contribution in [-0.2, 0) is 6.42 Å². The third-order valence-electron chi connectivity index (χ3n) is 4.62. The highest BCUT2D eigenvalue weighted by Gasteiger charge is 2.24. The quantitative estimate of drug-likeness (QED) is 0.784. The maximum absolute atomic E-state index is 3.51. The van der Waals surface area contributed by atoms with Gasteiger partial charge in [0.15, 0.2) is 0 Å². The largest absolute Gasteiger partial charge is 0.313 e.